The summed E-state index contributed by atoms with van der Waals surface area (Å²) in [5, 5.41) is 0. The van der Waals surface area contributed by atoms with Crippen LogP contribution in [-0.4, -0.2) is 22.0 Å². The molecule has 0 saturated carbocycles. The van der Waals surface area contributed by atoms with Gasteiger partial charge in [0, 0.05) is 11.0 Å². The summed E-state index contributed by atoms with van der Waals surface area (Å²) < 4.78 is 0. The molecule has 0 aromatic heterocycles. The summed E-state index contributed by atoms with van der Waals surface area (Å²) in [6, 6.07) is 0. The van der Waals surface area contributed by atoms with E-state index in [0.29, 0.717) is 0 Å². The summed E-state index contributed by atoms with van der Waals surface area (Å²) >= 11 is 32.1. The Bertz CT molecular complexity index is 63.3. The lowest BCUT2D eigenvalue weighted by Gasteiger charge is -2.12. The SMILES string of the molecule is Cl[Si](Cl)(Cl)[Si](Cl)(Cl)Cl.[Si]. The zero-order chi connectivity index (χ0) is 7.00. The maximum atomic E-state index is 5.34. The molecule has 54 valence electrons. The lowest BCUT2D eigenvalue weighted by atomic mass is 26.7. The molecule has 0 unspecified atom stereocenters. The quantitative estimate of drug-likeness (QED) is 0.515. The minimum absolute atomic E-state index is 0. The lowest BCUT2D eigenvalue weighted by Crippen LogP contribution is -2.36. The Kier molecular flexibility index (Phi) is 6.86. The van der Waals surface area contributed by atoms with Crippen molar-refractivity contribution in [2.24, 2.45) is 0 Å². The van der Waals surface area contributed by atoms with Gasteiger partial charge in [0.2, 0.25) is 0 Å². The van der Waals surface area contributed by atoms with Crippen LogP contribution in [0.3, 0.4) is 0 Å². The molecular weight excluding hydrogens is 297 g/mol. The van der Waals surface area contributed by atoms with Crippen molar-refractivity contribution in [3.63, 3.8) is 0 Å². The first kappa shape index (κ1) is 13.9. The molecule has 0 saturated heterocycles. The van der Waals surface area contributed by atoms with Gasteiger partial charge in [0.25, 0.3) is 0 Å². The van der Waals surface area contributed by atoms with Crippen molar-refractivity contribution in [2.45, 2.75) is 0 Å². The van der Waals surface area contributed by atoms with E-state index in [2.05, 4.69) is 0 Å². The Hall–Kier alpha value is 2.39. The van der Waals surface area contributed by atoms with E-state index in [1.165, 1.54) is 0 Å². The van der Waals surface area contributed by atoms with Gasteiger partial charge in [0.15, 0.2) is 0 Å². The topological polar surface area (TPSA) is 0 Å². The standard InChI is InChI=1S/Cl6Si2.Si/c1-7(2,3)8(4,5)6;. The summed E-state index contributed by atoms with van der Waals surface area (Å²) in [5.41, 5.74) is -6.01. The third-order valence-electron chi connectivity index (χ3n) is 0.321. The molecule has 0 nitrogen and oxygen atoms in total. The maximum absolute atomic E-state index is 5.34. The van der Waals surface area contributed by atoms with E-state index >= 15 is 0 Å². The Morgan fingerprint density at radius 1 is 0.556 bits per heavy atom. The second kappa shape index (κ2) is 4.42. The van der Waals surface area contributed by atoms with Crippen LogP contribution in [0.15, 0.2) is 0 Å². The number of halogens is 6. The van der Waals surface area contributed by atoms with Crippen LogP contribution < -0.4 is 0 Å². The summed E-state index contributed by atoms with van der Waals surface area (Å²) in [4.78, 5) is 0. The van der Waals surface area contributed by atoms with Crippen molar-refractivity contribution in [1.29, 1.82) is 0 Å². The average Bonchev–Trinajstić information content (AvgIpc) is 1.25. The molecule has 0 bridgehead atoms. The normalized spacial score (nSPS) is 12.7. The third-order valence-corrected chi connectivity index (χ3v) is 26.0. The molecule has 4 radical (unpaired) electrons. The van der Waals surface area contributed by atoms with Crippen molar-refractivity contribution in [1.82, 2.24) is 0 Å². The molecule has 0 aliphatic heterocycles. The molecule has 0 aliphatic carbocycles. The fraction of sp³-hybridized carbons (Fsp3) is 0. The van der Waals surface area contributed by atoms with Crippen LogP contribution in [0.25, 0.3) is 0 Å². The predicted molar refractivity (Wildman–Crippen MR) is 52.4 cm³/mol. The van der Waals surface area contributed by atoms with Gasteiger partial charge in [0.1, 0.15) is 0 Å². The van der Waals surface area contributed by atoms with Crippen molar-refractivity contribution in [3.8, 4) is 0 Å². The lowest BCUT2D eigenvalue weighted by molar-refractivity contribution is 3.49. The molecule has 0 aliphatic rings. The molecule has 0 heterocycles. The highest BCUT2D eigenvalue weighted by Gasteiger charge is 2.52. The van der Waals surface area contributed by atoms with E-state index in [-0.39, 0.29) is 11.0 Å². The van der Waals surface area contributed by atoms with E-state index in [1.54, 1.807) is 0 Å². The van der Waals surface area contributed by atoms with Gasteiger partial charge in [-0.05, 0) is 0 Å². The molecule has 0 spiro atoms. The minimum atomic E-state index is -3.01. The molecule has 0 atom stereocenters. The zero-order valence-electron chi connectivity index (χ0n) is 3.77. The van der Waals surface area contributed by atoms with Gasteiger partial charge in [0.05, 0.1) is 0 Å². The van der Waals surface area contributed by atoms with Crippen LogP contribution in [0, 0.1) is 0 Å². The van der Waals surface area contributed by atoms with Gasteiger partial charge in [-0.1, -0.05) is 0 Å². The molecule has 0 aromatic carbocycles. The van der Waals surface area contributed by atoms with Gasteiger partial charge >= 0.3 is 11.0 Å². The molecule has 0 amide bonds. The molecule has 0 rings (SSSR count). The fourth-order valence-electron chi connectivity index (χ4n) is 0. The summed E-state index contributed by atoms with van der Waals surface area (Å²) in [7, 11) is 0. The largest absolute Gasteiger partial charge is 0.376 e. The number of hydrogen-bond acceptors (Lipinski definition) is 0. The monoisotopic (exact) mass is 294 g/mol. The van der Waals surface area contributed by atoms with Crippen LogP contribution in [-0.2, 0) is 0 Å². The van der Waals surface area contributed by atoms with Crippen LogP contribution in [0.5, 0.6) is 0 Å². The Balaban J connectivity index is 0. The predicted octanol–water partition coefficient (Wildman–Crippen LogP) is 2.99. The van der Waals surface area contributed by atoms with Crippen molar-refractivity contribution in [3.05, 3.63) is 0 Å². The highest BCUT2D eigenvalue weighted by atomic mass is 35.9. The van der Waals surface area contributed by atoms with Gasteiger partial charge in [-0.2, -0.15) is 0 Å². The Labute approximate surface area is 87.8 Å². The highest BCUT2D eigenvalue weighted by Crippen LogP contribution is 2.39. The van der Waals surface area contributed by atoms with E-state index in [9.17, 15) is 0 Å². The zero-order valence-corrected chi connectivity index (χ0v) is 11.3. The molecular formula is Cl6Si3. The molecule has 0 aromatic rings. The van der Waals surface area contributed by atoms with E-state index < -0.39 is 11.0 Å². The van der Waals surface area contributed by atoms with E-state index in [1.807, 2.05) is 0 Å². The molecule has 9 heavy (non-hydrogen) atoms. The van der Waals surface area contributed by atoms with Crippen molar-refractivity contribution in [2.75, 3.05) is 0 Å². The number of hydrogen-bond donors (Lipinski definition) is 0. The van der Waals surface area contributed by atoms with Crippen LogP contribution >= 0.6 is 66.5 Å². The summed E-state index contributed by atoms with van der Waals surface area (Å²) in [5.74, 6) is 0. The number of rotatable bonds is 1. The maximum Gasteiger partial charge on any atom is 0.376 e. The second-order valence-corrected chi connectivity index (χ2v) is 26.9. The molecule has 0 N–H and O–H groups in total. The first-order valence-corrected chi connectivity index (χ1v) is 12.5. The minimum Gasteiger partial charge on any atom is -0.125 e. The van der Waals surface area contributed by atoms with Crippen LogP contribution in [0.2, 0.25) is 0 Å². The first-order chi connectivity index (χ1) is 3.25. The van der Waals surface area contributed by atoms with Gasteiger partial charge in [-0.15, -0.1) is 66.5 Å². The van der Waals surface area contributed by atoms with E-state index in [4.69, 9.17) is 66.5 Å². The second-order valence-electron chi connectivity index (χ2n) is 0.996. The highest BCUT2D eigenvalue weighted by molar-refractivity contribution is 8.10. The average molecular weight is 297 g/mol. The summed E-state index contributed by atoms with van der Waals surface area (Å²) in [6.07, 6.45) is 0. The van der Waals surface area contributed by atoms with Gasteiger partial charge in [-0.25, -0.2) is 0 Å². The van der Waals surface area contributed by atoms with E-state index in [0.717, 1.165) is 0 Å². The third kappa shape index (κ3) is 5.64. The van der Waals surface area contributed by atoms with Crippen molar-refractivity contribution >= 4 is 88.5 Å². The first-order valence-electron chi connectivity index (χ1n) is 1.38. The summed E-state index contributed by atoms with van der Waals surface area (Å²) in [6.45, 7) is 0. The Morgan fingerprint density at radius 2 is 0.667 bits per heavy atom. The molecule has 9 heteroatoms. The Morgan fingerprint density at radius 3 is 0.667 bits per heavy atom. The fourth-order valence-corrected chi connectivity index (χ4v) is 0. The van der Waals surface area contributed by atoms with Crippen LogP contribution in [0.1, 0.15) is 0 Å². The molecule has 0 fully saturated rings. The van der Waals surface area contributed by atoms with Gasteiger partial charge < -0.3 is 0 Å². The smallest absolute Gasteiger partial charge is 0.125 e. The van der Waals surface area contributed by atoms with Crippen LogP contribution in [0.4, 0.5) is 0 Å². The van der Waals surface area contributed by atoms with Crippen molar-refractivity contribution < 1.29 is 0 Å². The van der Waals surface area contributed by atoms with Gasteiger partial charge in [-0.3, -0.25) is 0 Å².